The van der Waals surface area contributed by atoms with E-state index in [4.69, 9.17) is 4.42 Å². The van der Waals surface area contributed by atoms with Gasteiger partial charge in [0.05, 0.1) is 23.8 Å². The third-order valence-electron chi connectivity index (χ3n) is 4.93. The van der Waals surface area contributed by atoms with Crippen LogP contribution in [0.25, 0.3) is 11.0 Å². The molecule has 0 spiro atoms. The molecule has 5 heteroatoms. The Balaban J connectivity index is 1.53. The average molecular weight is 336 g/mol. The van der Waals surface area contributed by atoms with E-state index in [1.54, 1.807) is 6.26 Å². The van der Waals surface area contributed by atoms with Crippen LogP contribution in [-0.2, 0) is 13.0 Å². The zero-order valence-electron chi connectivity index (χ0n) is 14.6. The number of hydrogen-bond donors (Lipinski definition) is 0. The second-order valence-electron chi connectivity index (χ2n) is 6.99. The van der Waals surface area contributed by atoms with Crippen LogP contribution in [0.15, 0.2) is 53.4 Å². The Morgan fingerprint density at radius 2 is 2.04 bits per heavy atom. The molecule has 1 unspecified atom stereocenters. The van der Waals surface area contributed by atoms with Crippen molar-refractivity contribution in [3.8, 4) is 0 Å². The molecule has 4 heterocycles. The van der Waals surface area contributed by atoms with E-state index in [1.165, 1.54) is 5.56 Å². The highest BCUT2D eigenvalue weighted by molar-refractivity contribution is 5.77. The number of pyridine rings is 2. The Bertz CT molecular complexity index is 812. The van der Waals surface area contributed by atoms with E-state index in [9.17, 15) is 0 Å². The molecule has 1 aliphatic heterocycles. The Morgan fingerprint density at radius 1 is 1.08 bits per heavy atom. The topological polar surface area (TPSA) is 45.4 Å². The van der Waals surface area contributed by atoms with Gasteiger partial charge in [-0.3, -0.25) is 14.9 Å². The van der Waals surface area contributed by atoms with Crippen molar-refractivity contribution in [3.05, 3.63) is 60.3 Å². The van der Waals surface area contributed by atoms with Crippen molar-refractivity contribution in [1.29, 1.82) is 0 Å². The van der Waals surface area contributed by atoms with Gasteiger partial charge in [-0.15, -0.1) is 0 Å². The van der Waals surface area contributed by atoms with Crippen LogP contribution in [0.2, 0.25) is 0 Å². The van der Waals surface area contributed by atoms with Crippen LogP contribution in [-0.4, -0.2) is 53.0 Å². The third kappa shape index (κ3) is 3.89. The average Bonchev–Trinajstić information content (AvgIpc) is 3.06. The van der Waals surface area contributed by atoms with E-state index in [-0.39, 0.29) is 0 Å². The quantitative estimate of drug-likeness (QED) is 0.733. The fraction of sp³-hybridized carbons (Fsp3) is 0.400. The predicted molar refractivity (Wildman–Crippen MR) is 98.2 cm³/mol. The van der Waals surface area contributed by atoms with Gasteiger partial charge in [-0.1, -0.05) is 0 Å². The molecule has 1 aliphatic rings. The molecule has 0 saturated carbocycles. The first-order chi connectivity index (χ1) is 12.3. The molecule has 1 saturated heterocycles. The minimum atomic E-state index is 0.565. The first-order valence-corrected chi connectivity index (χ1v) is 8.90. The molecule has 130 valence electrons. The minimum Gasteiger partial charge on any atom is -0.468 e. The second-order valence-corrected chi connectivity index (χ2v) is 6.99. The molecule has 25 heavy (non-hydrogen) atoms. The van der Waals surface area contributed by atoms with Gasteiger partial charge in [0.2, 0.25) is 0 Å². The van der Waals surface area contributed by atoms with Gasteiger partial charge in [0.1, 0.15) is 5.76 Å². The van der Waals surface area contributed by atoms with Crippen molar-refractivity contribution in [1.82, 2.24) is 19.8 Å². The van der Waals surface area contributed by atoms with E-state index in [0.29, 0.717) is 5.92 Å². The second kappa shape index (κ2) is 7.33. The number of aromatic nitrogens is 2. The molecule has 0 bridgehead atoms. The maximum Gasteiger partial charge on any atom is 0.117 e. The molecular weight excluding hydrogens is 312 g/mol. The van der Waals surface area contributed by atoms with Gasteiger partial charge in [0, 0.05) is 38.6 Å². The first kappa shape index (κ1) is 16.2. The van der Waals surface area contributed by atoms with Crippen LogP contribution in [0, 0.1) is 5.92 Å². The summed E-state index contributed by atoms with van der Waals surface area (Å²) in [5, 5.41) is 0. The SMILES string of the molecule is CN1CCN(Cc2ccco2)CC(Cc2ccnc3cccnc23)C1. The summed E-state index contributed by atoms with van der Waals surface area (Å²) in [6, 6.07) is 10.1. The first-order valence-electron chi connectivity index (χ1n) is 8.90. The fourth-order valence-corrected chi connectivity index (χ4v) is 3.76. The number of nitrogens with zero attached hydrogens (tertiary/aromatic N) is 4. The highest BCUT2D eigenvalue weighted by atomic mass is 16.3. The number of fused-ring (bicyclic) bond motifs is 1. The van der Waals surface area contributed by atoms with Crippen LogP contribution in [0.4, 0.5) is 0 Å². The van der Waals surface area contributed by atoms with E-state index in [1.807, 2.05) is 30.6 Å². The van der Waals surface area contributed by atoms with Gasteiger partial charge < -0.3 is 9.32 Å². The maximum absolute atomic E-state index is 5.54. The monoisotopic (exact) mass is 336 g/mol. The summed E-state index contributed by atoms with van der Waals surface area (Å²) in [7, 11) is 2.21. The van der Waals surface area contributed by atoms with Gasteiger partial charge in [0.25, 0.3) is 0 Å². The number of rotatable bonds is 4. The van der Waals surface area contributed by atoms with E-state index < -0.39 is 0 Å². The molecular formula is C20H24N4O. The van der Waals surface area contributed by atoms with Gasteiger partial charge >= 0.3 is 0 Å². The molecule has 0 amide bonds. The molecule has 1 fully saturated rings. The summed E-state index contributed by atoms with van der Waals surface area (Å²) >= 11 is 0. The number of likely N-dealkylation sites (N-methyl/N-ethyl adjacent to an activating group) is 1. The van der Waals surface area contributed by atoms with Crippen LogP contribution in [0.3, 0.4) is 0 Å². The van der Waals surface area contributed by atoms with Crippen molar-refractivity contribution in [2.45, 2.75) is 13.0 Å². The van der Waals surface area contributed by atoms with Gasteiger partial charge in [-0.25, -0.2) is 0 Å². The van der Waals surface area contributed by atoms with Crippen LogP contribution < -0.4 is 0 Å². The van der Waals surface area contributed by atoms with Crippen LogP contribution >= 0.6 is 0 Å². The zero-order valence-corrected chi connectivity index (χ0v) is 14.6. The highest BCUT2D eigenvalue weighted by Gasteiger charge is 2.22. The lowest BCUT2D eigenvalue weighted by Crippen LogP contribution is -2.30. The Labute approximate surface area is 148 Å². The van der Waals surface area contributed by atoms with Crippen LogP contribution in [0.1, 0.15) is 11.3 Å². The van der Waals surface area contributed by atoms with Crippen molar-refractivity contribution < 1.29 is 4.42 Å². The van der Waals surface area contributed by atoms with Crippen LogP contribution in [0.5, 0.6) is 0 Å². The molecule has 3 aromatic rings. The van der Waals surface area contributed by atoms with Gasteiger partial charge in [-0.2, -0.15) is 0 Å². The molecule has 3 aromatic heterocycles. The Hall–Kier alpha value is -2.24. The Kier molecular flexibility index (Phi) is 4.76. The number of furan rings is 1. The summed E-state index contributed by atoms with van der Waals surface area (Å²) < 4.78 is 5.54. The normalized spacial score (nSPS) is 20.0. The van der Waals surface area contributed by atoms with Crippen molar-refractivity contribution >= 4 is 11.0 Å². The van der Waals surface area contributed by atoms with Crippen molar-refractivity contribution in [2.75, 3.05) is 33.2 Å². The van der Waals surface area contributed by atoms with Gasteiger partial charge in [0.15, 0.2) is 0 Å². The number of hydrogen-bond acceptors (Lipinski definition) is 5. The molecule has 0 N–H and O–H groups in total. The summed E-state index contributed by atoms with van der Waals surface area (Å²) in [6.45, 7) is 5.22. The van der Waals surface area contributed by atoms with E-state index in [2.05, 4.69) is 38.9 Å². The Morgan fingerprint density at radius 3 is 2.92 bits per heavy atom. The molecule has 4 rings (SSSR count). The van der Waals surface area contributed by atoms with E-state index >= 15 is 0 Å². The highest BCUT2D eigenvalue weighted by Crippen LogP contribution is 2.21. The van der Waals surface area contributed by atoms with Crippen molar-refractivity contribution in [3.63, 3.8) is 0 Å². The van der Waals surface area contributed by atoms with Gasteiger partial charge in [-0.05, 0) is 55.3 Å². The molecule has 5 nitrogen and oxygen atoms in total. The summed E-state index contributed by atoms with van der Waals surface area (Å²) in [5.41, 5.74) is 3.31. The smallest absolute Gasteiger partial charge is 0.117 e. The lowest BCUT2D eigenvalue weighted by Gasteiger charge is -2.23. The third-order valence-corrected chi connectivity index (χ3v) is 4.93. The summed E-state index contributed by atoms with van der Waals surface area (Å²) in [4.78, 5) is 13.9. The van der Waals surface area contributed by atoms with Crippen molar-refractivity contribution in [2.24, 2.45) is 5.92 Å². The fourth-order valence-electron chi connectivity index (χ4n) is 3.76. The lowest BCUT2D eigenvalue weighted by atomic mass is 9.98. The zero-order chi connectivity index (χ0) is 17.1. The maximum atomic E-state index is 5.54. The summed E-state index contributed by atoms with van der Waals surface area (Å²) in [5.74, 6) is 1.61. The predicted octanol–water partition coefficient (Wildman–Crippen LogP) is 2.83. The molecule has 0 radical (unpaired) electrons. The lowest BCUT2D eigenvalue weighted by molar-refractivity contribution is 0.230. The largest absolute Gasteiger partial charge is 0.468 e. The summed E-state index contributed by atoms with van der Waals surface area (Å²) in [6.07, 6.45) is 6.54. The molecule has 0 aromatic carbocycles. The van der Waals surface area contributed by atoms with E-state index in [0.717, 1.165) is 55.9 Å². The minimum absolute atomic E-state index is 0.565. The molecule has 1 atom stereocenters. The standard InChI is InChI=1S/C20H24N4O/c1-23-9-10-24(15-18-4-3-11-25-18)14-16(13-23)12-17-6-8-21-19-5-2-7-22-20(17)19/h2-8,11,16H,9-10,12-15H2,1H3. The molecule has 0 aliphatic carbocycles.